The van der Waals surface area contributed by atoms with Crippen LogP contribution in [0.15, 0.2) is 24.3 Å². The first-order chi connectivity index (χ1) is 9.62. The van der Waals surface area contributed by atoms with E-state index in [1.165, 1.54) is 32.2 Å². The second kappa shape index (κ2) is 6.47. The number of hydrogen-bond donors (Lipinski definition) is 2. The summed E-state index contributed by atoms with van der Waals surface area (Å²) in [6, 6.07) is 3.02. The first-order valence-electron chi connectivity index (χ1n) is 6.02. The summed E-state index contributed by atoms with van der Waals surface area (Å²) in [6.07, 6.45) is -4.51. The van der Waals surface area contributed by atoms with Gasteiger partial charge in [0.1, 0.15) is 6.04 Å². The van der Waals surface area contributed by atoms with Gasteiger partial charge < -0.3 is 15.3 Å². The summed E-state index contributed by atoms with van der Waals surface area (Å²) in [6.45, 7) is 0.978. The van der Waals surface area contributed by atoms with E-state index >= 15 is 0 Å². The highest BCUT2D eigenvalue weighted by Crippen LogP contribution is 2.32. The van der Waals surface area contributed by atoms with Gasteiger partial charge in [-0.05, 0) is 18.6 Å². The Balaban J connectivity index is 2.82. The van der Waals surface area contributed by atoms with E-state index in [2.05, 4.69) is 5.32 Å². The van der Waals surface area contributed by atoms with E-state index in [4.69, 9.17) is 5.11 Å². The third kappa shape index (κ3) is 4.66. The Morgan fingerprint density at radius 3 is 2.43 bits per heavy atom. The second-order valence-corrected chi connectivity index (χ2v) is 4.52. The minimum absolute atomic E-state index is 0.0642. The van der Waals surface area contributed by atoms with E-state index < -0.39 is 29.8 Å². The molecule has 0 heterocycles. The van der Waals surface area contributed by atoms with E-state index in [1.54, 1.807) is 0 Å². The molecule has 116 valence electrons. The minimum atomic E-state index is -4.51. The van der Waals surface area contributed by atoms with Gasteiger partial charge in [0, 0.05) is 13.6 Å². The van der Waals surface area contributed by atoms with E-state index in [9.17, 15) is 22.8 Å². The lowest BCUT2D eigenvalue weighted by molar-refractivity contribution is -0.139. The number of carbonyl (C=O) groups excluding carboxylic acids is 1. The molecule has 0 saturated carbocycles. The maximum absolute atomic E-state index is 12.8. The number of nitrogens with one attached hydrogen (secondary N) is 1. The average molecular weight is 304 g/mol. The van der Waals surface area contributed by atoms with E-state index in [0.29, 0.717) is 0 Å². The van der Waals surface area contributed by atoms with Gasteiger partial charge in [-0.15, -0.1) is 0 Å². The van der Waals surface area contributed by atoms with Crippen LogP contribution in [0.3, 0.4) is 0 Å². The first-order valence-corrected chi connectivity index (χ1v) is 6.02. The van der Waals surface area contributed by atoms with Gasteiger partial charge in [0.25, 0.3) is 0 Å². The van der Waals surface area contributed by atoms with Crippen molar-refractivity contribution in [3.8, 4) is 0 Å². The lowest BCUT2D eigenvalue weighted by Crippen LogP contribution is -2.45. The summed E-state index contributed by atoms with van der Waals surface area (Å²) in [5.41, 5.74) is -0.887. The Morgan fingerprint density at radius 1 is 1.33 bits per heavy atom. The SMILES string of the molecule is C[C@H](NC(=O)N(C)Cc1ccccc1C(F)(F)F)C(=O)O. The average Bonchev–Trinajstić information content (AvgIpc) is 2.37. The third-order valence-corrected chi connectivity index (χ3v) is 2.79. The fourth-order valence-corrected chi connectivity index (χ4v) is 1.62. The quantitative estimate of drug-likeness (QED) is 0.897. The standard InChI is InChI=1S/C13H15F3N2O3/c1-8(11(19)20)17-12(21)18(2)7-9-5-3-4-6-10(9)13(14,15)16/h3-6,8H,7H2,1-2H3,(H,17,21)(H,19,20)/t8-/m0/s1. The van der Waals surface area contributed by atoms with Crippen molar-refractivity contribution in [3.63, 3.8) is 0 Å². The van der Waals surface area contributed by atoms with Crippen LogP contribution in [-0.2, 0) is 17.5 Å². The summed E-state index contributed by atoms with van der Waals surface area (Å²) >= 11 is 0. The molecule has 1 rings (SSSR count). The zero-order chi connectivity index (χ0) is 16.2. The molecule has 0 radical (unpaired) electrons. The monoisotopic (exact) mass is 304 g/mol. The zero-order valence-corrected chi connectivity index (χ0v) is 11.4. The maximum Gasteiger partial charge on any atom is 0.416 e. The van der Waals surface area contributed by atoms with E-state index in [0.717, 1.165) is 11.0 Å². The van der Waals surface area contributed by atoms with Gasteiger partial charge in [-0.1, -0.05) is 18.2 Å². The molecule has 5 nitrogen and oxygen atoms in total. The number of amides is 2. The number of carboxylic acid groups (broad SMARTS) is 1. The van der Waals surface area contributed by atoms with Gasteiger partial charge in [0.05, 0.1) is 5.56 Å². The minimum Gasteiger partial charge on any atom is -0.480 e. The number of aliphatic carboxylic acids is 1. The molecule has 2 N–H and O–H groups in total. The molecule has 0 aliphatic carbocycles. The Bertz CT molecular complexity index is 532. The number of benzene rings is 1. The van der Waals surface area contributed by atoms with Crippen LogP contribution in [0.5, 0.6) is 0 Å². The van der Waals surface area contributed by atoms with Gasteiger partial charge in [0.15, 0.2) is 0 Å². The molecule has 0 bridgehead atoms. The van der Waals surface area contributed by atoms with Crippen LogP contribution in [-0.4, -0.2) is 35.1 Å². The Hall–Kier alpha value is -2.25. The molecule has 8 heteroatoms. The van der Waals surface area contributed by atoms with E-state index in [-0.39, 0.29) is 12.1 Å². The maximum atomic E-state index is 12.8. The number of urea groups is 1. The smallest absolute Gasteiger partial charge is 0.416 e. The van der Waals surface area contributed by atoms with Gasteiger partial charge >= 0.3 is 18.2 Å². The molecule has 0 fully saturated rings. The van der Waals surface area contributed by atoms with Crippen LogP contribution in [0.1, 0.15) is 18.1 Å². The summed E-state index contributed by atoms with van der Waals surface area (Å²) < 4.78 is 38.5. The van der Waals surface area contributed by atoms with Crippen LogP contribution in [0.25, 0.3) is 0 Å². The zero-order valence-electron chi connectivity index (χ0n) is 11.4. The molecule has 1 aromatic carbocycles. The topological polar surface area (TPSA) is 69.6 Å². The lowest BCUT2D eigenvalue weighted by atomic mass is 10.1. The summed E-state index contributed by atoms with van der Waals surface area (Å²) in [4.78, 5) is 23.3. The predicted octanol–water partition coefficient (Wildman–Crippen LogP) is 2.32. The lowest BCUT2D eigenvalue weighted by Gasteiger charge is -2.21. The van der Waals surface area contributed by atoms with Crippen LogP contribution >= 0.6 is 0 Å². The third-order valence-electron chi connectivity index (χ3n) is 2.79. The molecular formula is C13H15F3N2O3. The Labute approximate surface area is 119 Å². The Morgan fingerprint density at radius 2 is 1.90 bits per heavy atom. The predicted molar refractivity (Wildman–Crippen MR) is 68.5 cm³/mol. The summed E-state index contributed by atoms with van der Waals surface area (Å²) in [7, 11) is 1.29. The highest BCUT2D eigenvalue weighted by Gasteiger charge is 2.33. The molecule has 2 amide bonds. The van der Waals surface area contributed by atoms with E-state index in [1.807, 2.05) is 0 Å². The van der Waals surface area contributed by atoms with Crippen molar-refractivity contribution >= 4 is 12.0 Å². The molecule has 0 saturated heterocycles. The number of hydrogen-bond acceptors (Lipinski definition) is 2. The summed E-state index contributed by atoms with van der Waals surface area (Å²) in [5.74, 6) is -1.23. The largest absolute Gasteiger partial charge is 0.480 e. The number of halogens is 3. The van der Waals surface area contributed by atoms with Crippen LogP contribution in [0.4, 0.5) is 18.0 Å². The molecule has 0 unspecified atom stereocenters. The number of carboxylic acids is 1. The Kier molecular flexibility index (Phi) is 5.17. The van der Waals surface area contributed by atoms with Crippen molar-refractivity contribution in [1.29, 1.82) is 0 Å². The number of carbonyl (C=O) groups is 2. The van der Waals surface area contributed by atoms with Crippen LogP contribution < -0.4 is 5.32 Å². The molecule has 1 aromatic rings. The van der Waals surface area contributed by atoms with Gasteiger partial charge in [-0.2, -0.15) is 13.2 Å². The molecule has 0 aliphatic rings. The molecule has 21 heavy (non-hydrogen) atoms. The van der Waals surface area contributed by atoms with Crippen molar-refractivity contribution in [2.45, 2.75) is 25.7 Å². The van der Waals surface area contributed by atoms with Gasteiger partial charge in [0.2, 0.25) is 0 Å². The second-order valence-electron chi connectivity index (χ2n) is 4.52. The van der Waals surface area contributed by atoms with Crippen molar-refractivity contribution in [3.05, 3.63) is 35.4 Å². The molecule has 0 aromatic heterocycles. The van der Waals surface area contributed by atoms with Crippen molar-refractivity contribution < 1.29 is 27.9 Å². The fraction of sp³-hybridized carbons (Fsp3) is 0.385. The van der Waals surface area contributed by atoms with Crippen molar-refractivity contribution in [2.75, 3.05) is 7.05 Å². The normalized spacial score (nSPS) is 12.6. The molecule has 0 aliphatic heterocycles. The number of rotatable bonds is 4. The molecule has 1 atom stereocenters. The van der Waals surface area contributed by atoms with Crippen LogP contribution in [0.2, 0.25) is 0 Å². The van der Waals surface area contributed by atoms with Gasteiger partial charge in [-0.25, -0.2) is 4.79 Å². The number of alkyl halides is 3. The number of nitrogens with zero attached hydrogens (tertiary/aromatic N) is 1. The van der Waals surface area contributed by atoms with Crippen molar-refractivity contribution in [1.82, 2.24) is 10.2 Å². The van der Waals surface area contributed by atoms with Crippen molar-refractivity contribution in [2.24, 2.45) is 0 Å². The molecular weight excluding hydrogens is 289 g/mol. The fourth-order valence-electron chi connectivity index (χ4n) is 1.62. The highest BCUT2D eigenvalue weighted by atomic mass is 19.4. The summed E-state index contributed by atoms with van der Waals surface area (Å²) in [5, 5.41) is 10.8. The highest BCUT2D eigenvalue weighted by molar-refractivity contribution is 5.82. The first kappa shape index (κ1) is 16.8. The van der Waals surface area contributed by atoms with Gasteiger partial charge in [-0.3, -0.25) is 4.79 Å². The molecule has 0 spiro atoms. The van der Waals surface area contributed by atoms with Crippen LogP contribution in [0, 0.1) is 0 Å².